The first-order chi connectivity index (χ1) is 10.6. The van der Waals surface area contributed by atoms with E-state index in [1.807, 2.05) is 0 Å². The topological polar surface area (TPSA) is 89.6 Å². The number of nitrogens with one attached hydrogen (secondary N) is 2. The van der Waals surface area contributed by atoms with Crippen molar-refractivity contribution in [3.63, 3.8) is 0 Å². The highest BCUT2D eigenvalue weighted by molar-refractivity contribution is 6.29. The van der Waals surface area contributed by atoms with Gasteiger partial charge in [-0.25, -0.2) is 4.98 Å². The first-order valence-corrected chi connectivity index (χ1v) is 6.63. The molecule has 2 heterocycles. The zero-order chi connectivity index (χ0) is 15.5. The third-order valence-corrected chi connectivity index (χ3v) is 3.14. The van der Waals surface area contributed by atoms with Crippen molar-refractivity contribution in [2.45, 2.75) is 0 Å². The van der Waals surface area contributed by atoms with Gasteiger partial charge in [-0.1, -0.05) is 11.6 Å². The summed E-state index contributed by atoms with van der Waals surface area (Å²) in [5, 5.41) is 0.279. The third kappa shape index (κ3) is 2.94. The molecule has 2 amide bonds. The van der Waals surface area contributed by atoms with Crippen LogP contribution in [0, 0.1) is 0 Å². The number of hydrogen-bond donors (Lipinski definition) is 2. The SMILES string of the molecule is O=C(NNC(=O)c1ccc2c(c1)OCO2)c1ccc(Cl)nc1. The summed E-state index contributed by atoms with van der Waals surface area (Å²) >= 11 is 5.64. The summed E-state index contributed by atoms with van der Waals surface area (Å²) < 4.78 is 10.3. The first kappa shape index (κ1) is 14.2. The van der Waals surface area contributed by atoms with Gasteiger partial charge < -0.3 is 9.47 Å². The lowest BCUT2D eigenvalue weighted by molar-refractivity contribution is 0.0846. The Morgan fingerprint density at radius 1 is 1.00 bits per heavy atom. The molecule has 2 N–H and O–H groups in total. The standard InChI is InChI=1S/C14H10ClN3O4/c15-12-4-2-9(6-16-12)14(20)18-17-13(19)8-1-3-10-11(5-8)22-7-21-10/h1-6H,7H2,(H,17,19)(H,18,20). The van der Waals surface area contributed by atoms with Gasteiger partial charge in [0, 0.05) is 11.8 Å². The number of ether oxygens (including phenoxy) is 2. The van der Waals surface area contributed by atoms with Crippen LogP contribution in [0.15, 0.2) is 36.5 Å². The summed E-state index contributed by atoms with van der Waals surface area (Å²) in [7, 11) is 0. The van der Waals surface area contributed by atoms with E-state index in [4.69, 9.17) is 21.1 Å². The van der Waals surface area contributed by atoms with E-state index >= 15 is 0 Å². The fourth-order valence-corrected chi connectivity index (χ4v) is 1.92. The Kier molecular flexibility index (Phi) is 3.80. The van der Waals surface area contributed by atoms with Crippen molar-refractivity contribution in [3.8, 4) is 11.5 Å². The van der Waals surface area contributed by atoms with E-state index in [-0.39, 0.29) is 17.5 Å². The number of fused-ring (bicyclic) bond motifs is 1. The lowest BCUT2D eigenvalue weighted by atomic mass is 10.2. The van der Waals surface area contributed by atoms with Crippen LogP contribution in [-0.4, -0.2) is 23.6 Å². The quantitative estimate of drug-likeness (QED) is 0.647. The second-order valence-electron chi connectivity index (χ2n) is 4.35. The molecule has 0 radical (unpaired) electrons. The average Bonchev–Trinajstić information content (AvgIpc) is 3.00. The third-order valence-electron chi connectivity index (χ3n) is 2.91. The second kappa shape index (κ2) is 5.90. The van der Waals surface area contributed by atoms with E-state index in [9.17, 15) is 9.59 Å². The smallest absolute Gasteiger partial charge is 0.271 e. The molecule has 0 atom stereocenters. The normalized spacial score (nSPS) is 11.9. The van der Waals surface area contributed by atoms with Gasteiger partial charge in [-0.15, -0.1) is 0 Å². The highest BCUT2D eigenvalue weighted by Gasteiger charge is 2.16. The molecule has 0 bridgehead atoms. The predicted octanol–water partition coefficient (Wildman–Crippen LogP) is 1.54. The zero-order valence-corrected chi connectivity index (χ0v) is 11.9. The molecule has 22 heavy (non-hydrogen) atoms. The molecule has 7 nitrogen and oxygen atoms in total. The Balaban J connectivity index is 1.62. The molecule has 0 saturated carbocycles. The molecule has 0 aliphatic carbocycles. The van der Waals surface area contributed by atoms with E-state index < -0.39 is 11.8 Å². The molecule has 3 rings (SSSR count). The van der Waals surface area contributed by atoms with Crippen molar-refractivity contribution in [1.82, 2.24) is 15.8 Å². The molecule has 2 aromatic rings. The number of carbonyl (C=O) groups is 2. The maximum atomic E-state index is 12.0. The highest BCUT2D eigenvalue weighted by Crippen LogP contribution is 2.32. The maximum absolute atomic E-state index is 12.0. The van der Waals surface area contributed by atoms with Gasteiger partial charge >= 0.3 is 0 Å². The number of carbonyl (C=O) groups excluding carboxylic acids is 2. The highest BCUT2D eigenvalue weighted by atomic mass is 35.5. The number of nitrogens with zero attached hydrogens (tertiary/aromatic N) is 1. The summed E-state index contributed by atoms with van der Waals surface area (Å²) in [5.74, 6) is 0.0838. The van der Waals surface area contributed by atoms with Crippen LogP contribution in [-0.2, 0) is 0 Å². The lowest BCUT2D eigenvalue weighted by Crippen LogP contribution is -2.41. The summed E-state index contributed by atoms with van der Waals surface area (Å²) in [6, 6.07) is 7.71. The van der Waals surface area contributed by atoms with E-state index in [0.29, 0.717) is 17.1 Å². The fourth-order valence-electron chi connectivity index (χ4n) is 1.81. The van der Waals surface area contributed by atoms with Crippen LogP contribution in [0.5, 0.6) is 11.5 Å². The number of amides is 2. The number of halogens is 1. The van der Waals surface area contributed by atoms with Gasteiger partial charge in [0.1, 0.15) is 5.15 Å². The molecule has 0 unspecified atom stereocenters. The molecule has 1 aliphatic rings. The van der Waals surface area contributed by atoms with E-state index in [2.05, 4.69) is 15.8 Å². The molecular formula is C14H10ClN3O4. The van der Waals surface area contributed by atoms with Gasteiger partial charge in [-0.2, -0.15) is 0 Å². The molecule has 1 aromatic heterocycles. The maximum Gasteiger partial charge on any atom is 0.271 e. The van der Waals surface area contributed by atoms with Gasteiger partial charge in [0.15, 0.2) is 11.5 Å². The van der Waals surface area contributed by atoms with Crippen molar-refractivity contribution in [2.24, 2.45) is 0 Å². The minimum atomic E-state index is -0.502. The van der Waals surface area contributed by atoms with Crippen molar-refractivity contribution in [2.75, 3.05) is 6.79 Å². The number of aromatic nitrogens is 1. The van der Waals surface area contributed by atoms with Gasteiger partial charge in [0.05, 0.1) is 5.56 Å². The van der Waals surface area contributed by atoms with Crippen molar-refractivity contribution in [1.29, 1.82) is 0 Å². The number of hydrogen-bond acceptors (Lipinski definition) is 5. The summed E-state index contributed by atoms with van der Waals surface area (Å²) in [4.78, 5) is 27.6. The summed E-state index contributed by atoms with van der Waals surface area (Å²) in [5.41, 5.74) is 5.20. The Bertz CT molecular complexity index is 733. The predicted molar refractivity (Wildman–Crippen MR) is 76.7 cm³/mol. The van der Waals surface area contributed by atoms with Crippen LogP contribution in [0.4, 0.5) is 0 Å². The van der Waals surface area contributed by atoms with Crippen LogP contribution in [0.2, 0.25) is 5.15 Å². The summed E-state index contributed by atoms with van der Waals surface area (Å²) in [6.07, 6.45) is 1.31. The Hall–Kier alpha value is -2.80. The molecule has 112 valence electrons. The monoisotopic (exact) mass is 319 g/mol. The van der Waals surface area contributed by atoms with E-state index in [1.54, 1.807) is 12.1 Å². The number of benzene rings is 1. The van der Waals surface area contributed by atoms with Crippen LogP contribution in [0.25, 0.3) is 0 Å². The molecule has 1 aromatic carbocycles. The number of hydrazine groups is 1. The minimum Gasteiger partial charge on any atom is -0.454 e. The molecule has 0 spiro atoms. The Morgan fingerprint density at radius 2 is 1.68 bits per heavy atom. The van der Waals surface area contributed by atoms with Crippen LogP contribution in [0.3, 0.4) is 0 Å². The molecular weight excluding hydrogens is 310 g/mol. The number of rotatable bonds is 2. The molecule has 0 fully saturated rings. The van der Waals surface area contributed by atoms with Crippen LogP contribution < -0.4 is 20.3 Å². The average molecular weight is 320 g/mol. The molecule has 1 aliphatic heterocycles. The Labute approximate surface area is 130 Å². The van der Waals surface area contributed by atoms with Gasteiger partial charge in [-0.3, -0.25) is 20.4 Å². The zero-order valence-electron chi connectivity index (χ0n) is 11.1. The van der Waals surface area contributed by atoms with Gasteiger partial charge in [-0.05, 0) is 30.3 Å². The number of pyridine rings is 1. The van der Waals surface area contributed by atoms with Crippen molar-refractivity contribution in [3.05, 3.63) is 52.8 Å². The van der Waals surface area contributed by atoms with Gasteiger partial charge in [0.2, 0.25) is 6.79 Å². The fraction of sp³-hybridized carbons (Fsp3) is 0.0714. The molecule has 8 heteroatoms. The van der Waals surface area contributed by atoms with Crippen molar-refractivity contribution < 1.29 is 19.1 Å². The first-order valence-electron chi connectivity index (χ1n) is 6.25. The van der Waals surface area contributed by atoms with Gasteiger partial charge in [0.25, 0.3) is 11.8 Å². The van der Waals surface area contributed by atoms with E-state index in [0.717, 1.165) is 0 Å². The van der Waals surface area contributed by atoms with Crippen LogP contribution >= 0.6 is 11.6 Å². The largest absolute Gasteiger partial charge is 0.454 e. The van der Waals surface area contributed by atoms with E-state index in [1.165, 1.54) is 24.4 Å². The Morgan fingerprint density at radius 3 is 2.41 bits per heavy atom. The van der Waals surface area contributed by atoms with Crippen molar-refractivity contribution >= 4 is 23.4 Å². The van der Waals surface area contributed by atoms with Crippen LogP contribution in [0.1, 0.15) is 20.7 Å². The summed E-state index contributed by atoms with van der Waals surface area (Å²) in [6.45, 7) is 0.126. The lowest BCUT2D eigenvalue weighted by Gasteiger charge is -2.07. The minimum absolute atomic E-state index is 0.126. The molecule has 0 saturated heterocycles. The second-order valence-corrected chi connectivity index (χ2v) is 4.73.